The lowest BCUT2D eigenvalue weighted by molar-refractivity contribution is -0.167. The molecular formula is C69H126O6. The van der Waals surface area contributed by atoms with Crippen molar-refractivity contribution in [3.05, 3.63) is 48.6 Å². The summed E-state index contributed by atoms with van der Waals surface area (Å²) < 4.78 is 16.9. The summed E-state index contributed by atoms with van der Waals surface area (Å²) in [5.41, 5.74) is 0. The van der Waals surface area contributed by atoms with E-state index in [1.165, 1.54) is 218 Å². The quantitative estimate of drug-likeness (QED) is 0.0261. The Morgan fingerprint density at radius 1 is 0.280 bits per heavy atom. The van der Waals surface area contributed by atoms with Crippen molar-refractivity contribution >= 4 is 17.9 Å². The van der Waals surface area contributed by atoms with Gasteiger partial charge in [0.2, 0.25) is 0 Å². The molecule has 1 atom stereocenters. The molecule has 1 unspecified atom stereocenters. The third-order valence-corrected chi connectivity index (χ3v) is 14.8. The van der Waals surface area contributed by atoms with E-state index >= 15 is 0 Å². The number of allylic oxidation sites excluding steroid dienone is 8. The summed E-state index contributed by atoms with van der Waals surface area (Å²) in [6.07, 6.45) is 80.2. The first-order valence-corrected chi connectivity index (χ1v) is 33.1. The van der Waals surface area contributed by atoms with Gasteiger partial charge in [-0.2, -0.15) is 0 Å². The standard InChI is InChI=1S/C69H126O6/c1-4-7-10-13-16-19-21-23-25-26-27-28-29-30-31-32-33-34-35-36-37-38-39-40-41-42-44-45-47-50-53-56-59-62-68(71)74-65-66(64-73-67(70)61-58-55-52-49-18-15-12-9-6-3)75-69(72)63-60-57-54-51-48-46-43-24-22-20-17-14-11-8-5-2/h8,11,17,20,24,26-27,43,66H,4-7,9-10,12-16,18-19,21-23,25,28-42,44-65H2,1-3H3/b11-8-,20-17-,27-26-,43-24-. The molecule has 0 aliphatic rings. The lowest BCUT2D eigenvalue weighted by Gasteiger charge is -2.18. The van der Waals surface area contributed by atoms with Crippen LogP contribution < -0.4 is 0 Å². The summed E-state index contributed by atoms with van der Waals surface area (Å²) in [7, 11) is 0. The molecule has 0 heterocycles. The molecule has 0 aromatic heterocycles. The fraction of sp³-hybridized carbons (Fsp3) is 0.841. The van der Waals surface area contributed by atoms with Crippen molar-refractivity contribution in [1.29, 1.82) is 0 Å². The molecule has 6 nitrogen and oxygen atoms in total. The number of esters is 3. The highest BCUT2D eigenvalue weighted by molar-refractivity contribution is 5.71. The molecule has 0 aromatic rings. The zero-order valence-electron chi connectivity index (χ0n) is 50.3. The molecule has 0 aliphatic carbocycles. The number of hydrogen-bond acceptors (Lipinski definition) is 6. The van der Waals surface area contributed by atoms with E-state index in [1.807, 2.05) is 0 Å². The third-order valence-electron chi connectivity index (χ3n) is 14.8. The lowest BCUT2D eigenvalue weighted by Crippen LogP contribution is -2.30. The number of unbranched alkanes of at least 4 members (excludes halogenated alkanes) is 42. The Hall–Kier alpha value is -2.63. The van der Waals surface area contributed by atoms with Crippen LogP contribution in [0.2, 0.25) is 0 Å². The van der Waals surface area contributed by atoms with Gasteiger partial charge in [-0.25, -0.2) is 0 Å². The van der Waals surface area contributed by atoms with E-state index in [-0.39, 0.29) is 31.1 Å². The van der Waals surface area contributed by atoms with Gasteiger partial charge in [0.25, 0.3) is 0 Å². The van der Waals surface area contributed by atoms with Gasteiger partial charge in [0.15, 0.2) is 6.10 Å². The maximum absolute atomic E-state index is 12.8. The van der Waals surface area contributed by atoms with Crippen molar-refractivity contribution in [2.75, 3.05) is 13.2 Å². The molecule has 0 radical (unpaired) electrons. The smallest absolute Gasteiger partial charge is 0.306 e. The highest BCUT2D eigenvalue weighted by Crippen LogP contribution is 2.18. The molecule has 0 saturated heterocycles. The number of hydrogen-bond donors (Lipinski definition) is 0. The molecule has 0 saturated carbocycles. The second-order valence-corrected chi connectivity index (χ2v) is 22.4. The van der Waals surface area contributed by atoms with Crippen molar-refractivity contribution < 1.29 is 28.6 Å². The van der Waals surface area contributed by atoms with E-state index in [0.717, 1.165) is 96.3 Å². The molecule has 0 spiro atoms. The number of carbonyl (C=O) groups is 3. The van der Waals surface area contributed by atoms with Gasteiger partial charge in [-0.15, -0.1) is 0 Å². The van der Waals surface area contributed by atoms with Crippen LogP contribution in [0.25, 0.3) is 0 Å². The van der Waals surface area contributed by atoms with Gasteiger partial charge < -0.3 is 14.2 Å². The minimum absolute atomic E-state index is 0.0760. The van der Waals surface area contributed by atoms with E-state index in [1.54, 1.807) is 0 Å². The molecule has 438 valence electrons. The monoisotopic (exact) mass is 1050 g/mol. The van der Waals surface area contributed by atoms with E-state index in [9.17, 15) is 14.4 Å². The molecule has 6 heteroatoms. The average molecular weight is 1050 g/mol. The Balaban J connectivity index is 4.01. The highest BCUT2D eigenvalue weighted by Gasteiger charge is 2.19. The van der Waals surface area contributed by atoms with E-state index in [0.29, 0.717) is 19.3 Å². The van der Waals surface area contributed by atoms with Gasteiger partial charge in [-0.3, -0.25) is 14.4 Å². The van der Waals surface area contributed by atoms with Gasteiger partial charge in [0, 0.05) is 19.3 Å². The summed E-state index contributed by atoms with van der Waals surface area (Å²) in [4.78, 5) is 38.1. The van der Waals surface area contributed by atoms with Gasteiger partial charge in [0.05, 0.1) is 0 Å². The first kappa shape index (κ1) is 72.4. The zero-order valence-corrected chi connectivity index (χ0v) is 50.3. The molecule has 75 heavy (non-hydrogen) atoms. The van der Waals surface area contributed by atoms with Crippen molar-refractivity contribution in [2.24, 2.45) is 0 Å². The molecule has 0 aromatic carbocycles. The average Bonchev–Trinajstić information content (AvgIpc) is 3.41. The second kappa shape index (κ2) is 63.9. The van der Waals surface area contributed by atoms with Crippen LogP contribution in [0, 0.1) is 0 Å². The fourth-order valence-electron chi connectivity index (χ4n) is 9.87. The van der Waals surface area contributed by atoms with Gasteiger partial charge in [-0.1, -0.05) is 307 Å². The number of rotatable bonds is 61. The topological polar surface area (TPSA) is 78.9 Å². The van der Waals surface area contributed by atoms with Crippen LogP contribution >= 0.6 is 0 Å². The van der Waals surface area contributed by atoms with Crippen LogP contribution in [0.5, 0.6) is 0 Å². The van der Waals surface area contributed by atoms with E-state index < -0.39 is 6.10 Å². The lowest BCUT2D eigenvalue weighted by atomic mass is 10.0. The fourth-order valence-corrected chi connectivity index (χ4v) is 9.87. The van der Waals surface area contributed by atoms with E-state index in [4.69, 9.17) is 14.2 Å². The summed E-state index contributed by atoms with van der Waals surface area (Å²) in [5.74, 6) is -0.878. The van der Waals surface area contributed by atoms with Crippen LogP contribution in [0.15, 0.2) is 48.6 Å². The molecule has 0 amide bonds. The summed E-state index contributed by atoms with van der Waals surface area (Å²) >= 11 is 0. The maximum Gasteiger partial charge on any atom is 0.306 e. The SMILES string of the molecule is CC/C=C\C/C=C\C/C=C\CCCCCCCC(=O)OC(COC(=O)CCCCCCCCCCC)COC(=O)CCCCCCCCCCCCCCCCCCCCCCC/C=C\CCCCCCCCCC. The normalized spacial score (nSPS) is 12.3. The van der Waals surface area contributed by atoms with Crippen LogP contribution in [0.3, 0.4) is 0 Å². The summed E-state index contributed by atoms with van der Waals surface area (Å²) in [6.45, 7) is 6.54. The number of ether oxygens (including phenoxy) is 3. The Bertz CT molecular complexity index is 1300. The van der Waals surface area contributed by atoms with Gasteiger partial charge >= 0.3 is 17.9 Å². The molecule has 0 fully saturated rings. The van der Waals surface area contributed by atoms with Gasteiger partial charge in [-0.05, 0) is 77.0 Å². The predicted octanol–water partition coefficient (Wildman–Crippen LogP) is 22.6. The molecule has 0 bridgehead atoms. The van der Waals surface area contributed by atoms with E-state index in [2.05, 4.69) is 69.4 Å². The molecular weight excluding hydrogens is 925 g/mol. The molecule has 0 aliphatic heterocycles. The Kier molecular flexibility index (Phi) is 61.7. The van der Waals surface area contributed by atoms with Crippen molar-refractivity contribution in [3.8, 4) is 0 Å². The first-order chi connectivity index (χ1) is 37.0. The van der Waals surface area contributed by atoms with Crippen LogP contribution in [-0.4, -0.2) is 37.2 Å². The Morgan fingerprint density at radius 3 is 0.827 bits per heavy atom. The van der Waals surface area contributed by atoms with Crippen molar-refractivity contribution in [3.63, 3.8) is 0 Å². The van der Waals surface area contributed by atoms with Crippen LogP contribution in [-0.2, 0) is 28.6 Å². The Morgan fingerprint density at radius 2 is 0.520 bits per heavy atom. The van der Waals surface area contributed by atoms with Crippen molar-refractivity contribution in [1.82, 2.24) is 0 Å². The highest BCUT2D eigenvalue weighted by atomic mass is 16.6. The number of carbonyl (C=O) groups excluding carboxylic acids is 3. The predicted molar refractivity (Wildman–Crippen MR) is 325 cm³/mol. The minimum Gasteiger partial charge on any atom is -0.462 e. The summed E-state index contributed by atoms with van der Waals surface area (Å²) in [5, 5.41) is 0. The van der Waals surface area contributed by atoms with Crippen LogP contribution in [0.4, 0.5) is 0 Å². The minimum atomic E-state index is -0.778. The second-order valence-electron chi connectivity index (χ2n) is 22.4. The van der Waals surface area contributed by atoms with Crippen molar-refractivity contribution in [2.45, 2.75) is 361 Å². The third kappa shape index (κ3) is 62.1. The summed E-state index contributed by atoms with van der Waals surface area (Å²) in [6, 6.07) is 0. The van der Waals surface area contributed by atoms with Crippen LogP contribution in [0.1, 0.15) is 355 Å². The largest absolute Gasteiger partial charge is 0.462 e. The molecule has 0 N–H and O–H groups in total. The Labute approximate surface area is 467 Å². The first-order valence-electron chi connectivity index (χ1n) is 33.1. The molecule has 0 rings (SSSR count). The van der Waals surface area contributed by atoms with Gasteiger partial charge in [0.1, 0.15) is 13.2 Å². The zero-order chi connectivity index (χ0) is 54.3. The maximum atomic E-state index is 12.8.